The van der Waals surface area contributed by atoms with Crippen LogP contribution in [0.2, 0.25) is 10.3 Å². The van der Waals surface area contributed by atoms with Crippen molar-refractivity contribution in [3.05, 3.63) is 31.0 Å². The topological polar surface area (TPSA) is 121 Å². The smallest absolute Gasteiger partial charge is 0.407 e. The first-order chi connectivity index (χ1) is 12.3. The van der Waals surface area contributed by atoms with E-state index >= 15 is 0 Å². The molecule has 0 aromatic carbocycles. The second-order valence-corrected chi connectivity index (χ2v) is 7.75. The van der Waals surface area contributed by atoms with E-state index in [9.17, 15) is 20.0 Å². The van der Waals surface area contributed by atoms with E-state index in [1.165, 1.54) is 4.90 Å². The molecule has 0 spiro atoms. The van der Waals surface area contributed by atoms with Gasteiger partial charge in [0.15, 0.2) is 0 Å². The van der Waals surface area contributed by atoms with Crippen LogP contribution in [0.5, 0.6) is 0 Å². The van der Waals surface area contributed by atoms with Crippen LogP contribution in [0.25, 0.3) is 11.0 Å². The number of anilines is 1. The van der Waals surface area contributed by atoms with Gasteiger partial charge in [-0.3, -0.25) is 10.1 Å². The number of halogens is 3. The van der Waals surface area contributed by atoms with Crippen LogP contribution in [0.1, 0.15) is 6.42 Å². The standard InChI is InChI=1S/C14H10BrCl2N5O4/c15-5-2-6-9(20-12(5)16)10(11(22(25)26)13(17)18-6)19-8-4-1-7(8)21(3-4)14(23)24/h2,4,7-8H,1,3H2,(H,18,19)(H,23,24). The SMILES string of the molecule is O=C(O)N1CC2CC1C2Nc1c([N+](=O)[O-])c(Cl)nc2cc(Br)c(Cl)nc12. The molecule has 1 saturated carbocycles. The summed E-state index contributed by atoms with van der Waals surface area (Å²) in [5.41, 5.74) is 0.244. The summed E-state index contributed by atoms with van der Waals surface area (Å²) in [4.78, 5) is 31.8. The zero-order valence-corrected chi connectivity index (χ0v) is 15.9. The molecule has 26 heavy (non-hydrogen) atoms. The summed E-state index contributed by atoms with van der Waals surface area (Å²) in [6.45, 7) is 0.391. The number of aromatic nitrogens is 2. The number of hydrogen-bond donors (Lipinski definition) is 2. The Balaban J connectivity index is 1.83. The van der Waals surface area contributed by atoms with Gasteiger partial charge in [0, 0.05) is 12.5 Å². The summed E-state index contributed by atoms with van der Waals surface area (Å²) in [5.74, 6) is 0.0728. The average molecular weight is 463 g/mol. The third-order valence-electron chi connectivity index (χ3n) is 4.84. The van der Waals surface area contributed by atoms with Crippen molar-refractivity contribution < 1.29 is 14.8 Å². The molecule has 1 amide bonds. The van der Waals surface area contributed by atoms with Crippen molar-refractivity contribution in [2.45, 2.75) is 18.5 Å². The first-order valence-electron chi connectivity index (χ1n) is 7.53. The lowest BCUT2D eigenvalue weighted by Gasteiger charge is -2.36. The molecular weight excluding hydrogens is 453 g/mol. The number of carbonyl (C=O) groups is 1. The first-order valence-corrected chi connectivity index (χ1v) is 9.08. The van der Waals surface area contributed by atoms with Crippen LogP contribution in [-0.4, -0.2) is 49.6 Å². The van der Waals surface area contributed by atoms with Gasteiger partial charge < -0.3 is 15.3 Å². The maximum Gasteiger partial charge on any atom is 0.407 e. The predicted octanol–water partition coefficient (Wildman–Crippen LogP) is 3.77. The van der Waals surface area contributed by atoms with Crippen molar-refractivity contribution in [2.75, 3.05) is 11.9 Å². The second-order valence-electron chi connectivity index (χ2n) is 6.18. The van der Waals surface area contributed by atoms with Crippen molar-refractivity contribution >= 4 is 67.6 Å². The van der Waals surface area contributed by atoms with Crippen LogP contribution in [0.3, 0.4) is 0 Å². The Labute approximate surface area is 164 Å². The molecule has 3 unspecified atom stereocenters. The summed E-state index contributed by atoms with van der Waals surface area (Å²) in [5, 5.41) is 23.7. The zero-order valence-electron chi connectivity index (χ0n) is 12.8. The molecule has 3 atom stereocenters. The molecule has 2 aromatic heterocycles. The predicted molar refractivity (Wildman–Crippen MR) is 97.9 cm³/mol. The van der Waals surface area contributed by atoms with Gasteiger partial charge in [-0.15, -0.1) is 0 Å². The maximum atomic E-state index is 11.5. The zero-order chi connectivity index (χ0) is 18.7. The number of carboxylic acid groups (broad SMARTS) is 1. The number of amides is 1. The van der Waals surface area contributed by atoms with Gasteiger partial charge in [-0.1, -0.05) is 23.2 Å². The minimum atomic E-state index is -1.00. The Morgan fingerprint density at radius 3 is 2.77 bits per heavy atom. The lowest BCUT2D eigenvalue weighted by molar-refractivity contribution is -0.384. The van der Waals surface area contributed by atoms with Gasteiger partial charge in [0.05, 0.1) is 27.0 Å². The molecule has 4 heterocycles. The minimum absolute atomic E-state index is 0.0728. The van der Waals surface area contributed by atoms with Crippen molar-refractivity contribution in [1.82, 2.24) is 14.9 Å². The van der Waals surface area contributed by atoms with E-state index in [1.54, 1.807) is 6.07 Å². The molecule has 136 valence electrons. The minimum Gasteiger partial charge on any atom is -0.465 e. The van der Waals surface area contributed by atoms with Crippen molar-refractivity contribution in [2.24, 2.45) is 5.92 Å². The number of hydrogen-bond acceptors (Lipinski definition) is 6. The number of nitro groups is 1. The molecule has 2 saturated heterocycles. The van der Waals surface area contributed by atoms with E-state index in [4.69, 9.17) is 23.2 Å². The summed E-state index contributed by atoms with van der Waals surface area (Å²) < 4.78 is 0.482. The number of fused-ring (bicyclic) bond motifs is 2. The maximum absolute atomic E-state index is 11.5. The molecule has 2 aromatic rings. The quantitative estimate of drug-likeness (QED) is 0.404. The van der Waals surface area contributed by atoms with Gasteiger partial charge in [-0.2, -0.15) is 0 Å². The lowest BCUT2D eigenvalue weighted by Crippen LogP contribution is -2.49. The molecule has 3 aliphatic rings. The fourth-order valence-corrected chi connectivity index (χ4v) is 4.32. The van der Waals surface area contributed by atoms with Crippen LogP contribution < -0.4 is 5.32 Å². The van der Waals surface area contributed by atoms with Gasteiger partial charge in [-0.25, -0.2) is 14.8 Å². The Morgan fingerprint density at radius 2 is 2.15 bits per heavy atom. The highest BCUT2D eigenvalue weighted by atomic mass is 79.9. The number of nitrogens with one attached hydrogen (secondary N) is 1. The van der Waals surface area contributed by atoms with Gasteiger partial charge in [-0.05, 0) is 28.4 Å². The third kappa shape index (κ3) is 2.55. The van der Waals surface area contributed by atoms with Gasteiger partial charge in [0.1, 0.15) is 16.4 Å². The molecule has 2 aliphatic heterocycles. The highest BCUT2D eigenvalue weighted by Crippen LogP contribution is 2.46. The van der Waals surface area contributed by atoms with Gasteiger partial charge in [0.2, 0.25) is 5.15 Å². The monoisotopic (exact) mass is 461 g/mol. The number of pyridine rings is 2. The molecule has 12 heteroatoms. The Bertz CT molecular complexity index is 974. The van der Waals surface area contributed by atoms with Gasteiger partial charge in [0.25, 0.3) is 0 Å². The third-order valence-corrected chi connectivity index (χ3v) is 6.22. The van der Waals surface area contributed by atoms with Crippen LogP contribution in [0.15, 0.2) is 10.5 Å². The van der Waals surface area contributed by atoms with E-state index in [-0.39, 0.29) is 39.5 Å². The molecule has 0 radical (unpaired) electrons. The largest absolute Gasteiger partial charge is 0.465 e. The van der Waals surface area contributed by atoms with Gasteiger partial charge >= 0.3 is 11.8 Å². The Kier molecular flexibility index (Phi) is 4.08. The molecule has 9 nitrogen and oxygen atoms in total. The second kappa shape index (κ2) is 6.07. The van der Waals surface area contributed by atoms with Crippen LogP contribution in [0.4, 0.5) is 16.2 Å². The Hall–Kier alpha value is -1.91. The molecule has 1 aliphatic carbocycles. The molecule has 2 bridgehead atoms. The highest BCUT2D eigenvalue weighted by molar-refractivity contribution is 9.10. The van der Waals surface area contributed by atoms with Crippen LogP contribution in [-0.2, 0) is 0 Å². The summed E-state index contributed by atoms with van der Waals surface area (Å²) >= 11 is 15.3. The highest BCUT2D eigenvalue weighted by Gasteiger charge is 2.54. The van der Waals surface area contributed by atoms with E-state index in [2.05, 4.69) is 31.2 Å². The summed E-state index contributed by atoms with van der Waals surface area (Å²) in [6, 6.07) is 1.07. The molecular formula is C14H10BrCl2N5O4. The summed E-state index contributed by atoms with van der Waals surface area (Å²) in [6.07, 6.45) is -0.284. The van der Waals surface area contributed by atoms with Crippen molar-refractivity contribution in [3.8, 4) is 0 Å². The fourth-order valence-electron chi connectivity index (χ4n) is 3.62. The number of rotatable bonds is 3. The molecule has 5 rings (SSSR count). The van der Waals surface area contributed by atoms with E-state index in [0.717, 1.165) is 0 Å². The molecule has 2 N–H and O–H groups in total. The average Bonchev–Trinajstić information content (AvgIpc) is 3.13. The van der Waals surface area contributed by atoms with Crippen LogP contribution >= 0.6 is 39.1 Å². The Morgan fingerprint density at radius 1 is 1.42 bits per heavy atom. The van der Waals surface area contributed by atoms with E-state index in [1.807, 2.05) is 0 Å². The van der Waals surface area contributed by atoms with E-state index in [0.29, 0.717) is 23.0 Å². The lowest BCUT2D eigenvalue weighted by atomic mass is 9.80. The van der Waals surface area contributed by atoms with Crippen molar-refractivity contribution in [3.63, 3.8) is 0 Å². The molecule has 3 fully saturated rings. The van der Waals surface area contributed by atoms with Crippen molar-refractivity contribution in [1.29, 1.82) is 0 Å². The first kappa shape index (κ1) is 17.5. The number of nitrogens with zero attached hydrogens (tertiary/aromatic N) is 4. The normalized spacial score (nSPS) is 23.8. The van der Waals surface area contributed by atoms with E-state index < -0.39 is 16.7 Å². The fraction of sp³-hybridized carbons (Fsp3) is 0.357. The summed E-state index contributed by atoms with van der Waals surface area (Å²) in [7, 11) is 0. The van der Waals surface area contributed by atoms with Crippen LogP contribution in [0, 0.1) is 16.0 Å².